The highest BCUT2D eigenvalue weighted by molar-refractivity contribution is 7.09. The van der Waals surface area contributed by atoms with Gasteiger partial charge in [0.25, 0.3) is 5.91 Å². The Labute approximate surface area is 203 Å². The van der Waals surface area contributed by atoms with Gasteiger partial charge in [0.1, 0.15) is 10.8 Å². The number of piperidine rings is 1. The molecule has 34 heavy (non-hydrogen) atoms. The molecule has 0 radical (unpaired) electrons. The highest BCUT2D eigenvalue weighted by atomic mass is 32.1. The number of hydrogen-bond donors (Lipinski definition) is 1. The minimum absolute atomic E-state index is 0.0296. The summed E-state index contributed by atoms with van der Waals surface area (Å²) in [6, 6.07) is 12.2. The molecule has 2 aromatic carbocycles. The van der Waals surface area contributed by atoms with Gasteiger partial charge in [-0.1, -0.05) is 19.1 Å². The summed E-state index contributed by atoms with van der Waals surface area (Å²) in [5.74, 6) is 2.81. The standard InChI is InChI=1S/C26H29N3O4S/c1-18-3-2-9-29(14-18)15-21-11-19(20-5-7-23-24(12-20)33-17-32-23)4-6-22(21)31-16-25(30)28-13-26-27-8-10-34-26/h4-8,10-12,18H,2-3,9,13-17H2,1H3,(H,28,30)/t18-/m0/s1. The first-order chi connectivity index (χ1) is 16.6. The van der Waals surface area contributed by atoms with Gasteiger partial charge < -0.3 is 19.5 Å². The fraction of sp³-hybridized carbons (Fsp3) is 0.385. The van der Waals surface area contributed by atoms with Crippen LogP contribution in [0.3, 0.4) is 0 Å². The lowest BCUT2D eigenvalue weighted by Crippen LogP contribution is -2.34. The minimum atomic E-state index is -0.160. The summed E-state index contributed by atoms with van der Waals surface area (Å²) >= 11 is 1.52. The number of thiazole rings is 1. The number of benzene rings is 2. The highest BCUT2D eigenvalue weighted by Gasteiger charge is 2.20. The van der Waals surface area contributed by atoms with Crippen LogP contribution >= 0.6 is 11.3 Å². The molecule has 0 unspecified atom stereocenters. The molecule has 1 fully saturated rings. The van der Waals surface area contributed by atoms with Crippen molar-refractivity contribution in [3.63, 3.8) is 0 Å². The van der Waals surface area contributed by atoms with Crippen LogP contribution in [0.2, 0.25) is 0 Å². The Morgan fingerprint density at radius 2 is 2.06 bits per heavy atom. The maximum atomic E-state index is 12.4. The van der Waals surface area contributed by atoms with Gasteiger partial charge in [0.05, 0.1) is 6.54 Å². The highest BCUT2D eigenvalue weighted by Crippen LogP contribution is 2.37. The van der Waals surface area contributed by atoms with E-state index in [1.807, 2.05) is 35.7 Å². The lowest BCUT2D eigenvalue weighted by Gasteiger charge is -2.31. The van der Waals surface area contributed by atoms with Gasteiger partial charge in [-0.25, -0.2) is 4.98 Å². The summed E-state index contributed by atoms with van der Waals surface area (Å²) in [5, 5.41) is 5.64. The van der Waals surface area contributed by atoms with E-state index < -0.39 is 0 Å². The summed E-state index contributed by atoms with van der Waals surface area (Å²) in [6.45, 7) is 5.89. The number of aromatic nitrogens is 1. The lowest BCUT2D eigenvalue weighted by molar-refractivity contribution is -0.123. The topological polar surface area (TPSA) is 72.9 Å². The van der Waals surface area contributed by atoms with E-state index in [9.17, 15) is 4.79 Å². The minimum Gasteiger partial charge on any atom is -0.483 e. The summed E-state index contributed by atoms with van der Waals surface area (Å²) in [6.07, 6.45) is 4.22. The maximum Gasteiger partial charge on any atom is 0.258 e. The number of hydrogen-bond acceptors (Lipinski definition) is 7. The Morgan fingerprint density at radius 1 is 1.21 bits per heavy atom. The molecule has 1 N–H and O–H groups in total. The second-order valence-electron chi connectivity index (χ2n) is 8.86. The van der Waals surface area contributed by atoms with Crippen LogP contribution in [-0.4, -0.2) is 42.3 Å². The zero-order valence-corrected chi connectivity index (χ0v) is 20.1. The average Bonchev–Trinajstić information content (AvgIpc) is 3.53. The van der Waals surface area contributed by atoms with E-state index in [1.165, 1.54) is 24.2 Å². The number of carbonyl (C=O) groups excluding carboxylic acids is 1. The van der Waals surface area contributed by atoms with Crippen molar-refractivity contribution in [2.75, 3.05) is 26.5 Å². The molecule has 5 rings (SSSR count). The van der Waals surface area contributed by atoms with E-state index in [-0.39, 0.29) is 19.3 Å². The molecule has 1 atom stereocenters. The lowest BCUT2D eigenvalue weighted by atomic mass is 9.98. The SMILES string of the molecule is C[C@H]1CCCN(Cc2cc(-c3ccc4c(c3)OCO4)ccc2OCC(=O)NCc2nccs2)C1. The van der Waals surface area contributed by atoms with Gasteiger partial charge in [0.2, 0.25) is 6.79 Å². The van der Waals surface area contributed by atoms with E-state index in [0.717, 1.165) is 58.6 Å². The third kappa shape index (κ3) is 5.51. The van der Waals surface area contributed by atoms with Crippen LogP contribution in [-0.2, 0) is 17.9 Å². The van der Waals surface area contributed by atoms with Gasteiger partial charge >= 0.3 is 0 Å². The van der Waals surface area contributed by atoms with Crippen LogP contribution in [0.25, 0.3) is 11.1 Å². The molecule has 1 aromatic heterocycles. The van der Waals surface area contributed by atoms with Crippen LogP contribution < -0.4 is 19.5 Å². The molecule has 0 spiro atoms. The Hall–Kier alpha value is -3.10. The van der Waals surface area contributed by atoms with Crippen LogP contribution in [0.1, 0.15) is 30.3 Å². The second-order valence-corrected chi connectivity index (χ2v) is 9.84. The molecule has 178 valence electrons. The van der Waals surface area contributed by atoms with E-state index in [4.69, 9.17) is 14.2 Å². The molecule has 2 aliphatic heterocycles. The van der Waals surface area contributed by atoms with Crippen LogP contribution in [0, 0.1) is 5.92 Å². The largest absolute Gasteiger partial charge is 0.483 e. The van der Waals surface area contributed by atoms with Crippen molar-refractivity contribution >= 4 is 17.2 Å². The van der Waals surface area contributed by atoms with Crippen molar-refractivity contribution in [3.05, 3.63) is 58.5 Å². The second kappa shape index (κ2) is 10.4. The molecule has 3 aromatic rings. The molecule has 0 bridgehead atoms. The van der Waals surface area contributed by atoms with Gasteiger partial charge in [-0.2, -0.15) is 0 Å². The summed E-state index contributed by atoms with van der Waals surface area (Å²) in [5.41, 5.74) is 3.22. The Kier molecular flexibility index (Phi) is 6.97. The first-order valence-electron chi connectivity index (χ1n) is 11.7. The van der Waals surface area contributed by atoms with E-state index in [1.54, 1.807) is 6.20 Å². The van der Waals surface area contributed by atoms with Crippen molar-refractivity contribution in [2.24, 2.45) is 5.92 Å². The van der Waals surface area contributed by atoms with Crippen LogP contribution in [0.5, 0.6) is 17.2 Å². The number of amides is 1. The third-order valence-corrected chi connectivity index (χ3v) is 6.96. The first-order valence-corrected chi connectivity index (χ1v) is 12.5. The fourth-order valence-electron chi connectivity index (χ4n) is 4.48. The number of nitrogens with one attached hydrogen (secondary N) is 1. The number of ether oxygens (including phenoxy) is 3. The predicted octanol–water partition coefficient (Wildman–Crippen LogP) is 4.47. The zero-order valence-electron chi connectivity index (χ0n) is 19.3. The molecule has 1 amide bonds. The first kappa shape index (κ1) is 22.7. The summed E-state index contributed by atoms with van der Waals surface area (Å²) < 4.78 is 17.0. The molecule has 3 heterocycles. The van der Waals surface area contributed by atoms with Gasteiger partial charge in [-0.3, -0.25) is 9.69 Å². The van der Waals surface area contributed by atoms with Gasteiger partial charge in [0, 0.05) is 30.2 Å². The maximum absolute atomic E-state index is 12.4. The number of likely N-dealkylation sites (tertiary alicyclic amines) is 1. The fourth-order valence-corrected chi connectivity index (χ4v) is 5.04. The van der Waals surface area contributed by atoms with Gasteiger partial charge in [-0.05, 0) is 60.7 Å². The molecule has 0 aliphatic carbocycles. The zero-order chi connectivity index (χ0) is 23.3. The number of rotatable bonds is 8. The van der Waals surface area contributed by atoms with Crippen molar-refractivity contribution in [1.29, 1.82) is 0 Å². The Bertz CT molecular complexity index is 1140. The molecule has 7 nitrogen and oxygen atoms in total. The van der Waals surface area contributed by atoms with Crippen molar-refractivity contribution in [1.82, 2.24) is 15.2 Å². The normalized spacial score (nSPS) is 17.5. The monoisotopic (exact) mass is 479 g/mol. The number of carbonyl (C=O) groups is 1. The van der Waals surface area contributed by atoms with Crippen LogP contribution in [0.15, 0.2) is 48.0 Å². The van der Waals surface area contributed by atoms with Crippen LogP contribution in [0.4, 0.5) is 0 Å². The van der Waals surface area contributed by atoms with E-state index in [0.29, 0.717) is 12.5 Å². The summed E-state index contributed by atoms with van der Waals surface area (Å²) in [7, 11) is 0. The molecular weight excluding hydrogens is 450 g/mol. The Balaban J connectivity index is 1.32. The van der Waals surface area contributed by atoms with Gasteiger partial charge in [0.15, 0.2) is 18.1 Å². The molecule has 1 saturated heterocycles. The summed E-state index contributed by atoms with van der Waals surface area (Å²) in [4.78, 5) is 19.0. The van der Waals surface area contributed by atoms with E-state index >= 15 is 0 Å². The van der Waals surface area contributed by atoms with Crippen molar-refractivity contribution < 1.29 is 19.0 Å². The molecular formula is C26H29N3O4S. The number of fused-ring (bicyclic) bond motifs is 1. The molecule has 2 aliphatic rings. The Morgan fingerprint density at radius 3 is 2.91 bits per heavy atom. The van der Waals surface area contributed by atoms with E-state index in [2.05, 4.69) is 28.2 Å². The predicted molar refractivity (Wildman–Crippen MR) is 131 cm³/mol. The quantitative estimate of drug-likeness (QED) is 0.514. The van der Waals surface area contributed by atoms with Gasteiger partial charge in [-0.15, -0.1) is 11.3 Å². The molecule has 0 saturated carbocycles. The van der Waals surface area contributed by atoms with Crippen molar-refractivity contribution in [2.45, 2.75) is 32.9 Å². The average molecular weight is 480 g/mol. The number of nitrogens with zero attached hydrogens (tertiary/aromatic N) is 2. The third-order valence-electron chi connectivity index (χ3n) is 6.18. The van der Waals surface area contributed by atoms with Crippen molar-refractivity contribution in [3.8, 4) is 28.4 Å². The molecule has 8 heteroatoms. The smallest absolute Gasteiger partial charge is 0.258 e.